The topological polar surface area (TPSA) is 20.3 Å². The van der Waals surface area contributed by atoms with Gasteiger partial charge in [0.15, 0.2) is 0 Å². The van der Waals surface area contributed by atoms with E-state index in [0.29, 0.717) is 5.56 Å². The molecular formula is C14H19NOS. The number of rotatable bonds is 1. The van der Waals surface area contributed by atoms with Gasteiger partial charge >= 0.3 is 0 Å². The van der Waals surface area contributed by atoms with Crippen molar-refractivity contribution in [2.75, 3.05) is 13.1 Å². The molecule has 0 spiro atoms. The first-order valence-electron chi connectivity index (χ1n) is 6.07. The van der Waals surface area contributed by atoms with Gasteiger partial charge in [0.1, 0.15) is 0 Å². The number of piperidine rings is 1. The van der Waals surface area contributed by atoms with Crippen LogP contribution in [0.5, 0.6) is 0 Å². The van der Waals surface area contributed by atoms with E-state index in [9.17, 15) is 4.79 Å². The van der Waals surface area contributed by atoms with Gasteiger partial charge in [0.25, 0.3) is 5.91 Å². The monoisotopic (exact) mass is 249 g/mol. The van der Waals surface area contributed by atoms with E-state index in [1.54, 1.807) is 0 Å². The Balaban J connectivity index is 2.18. The van der Waals surface area contributed by atoms with Crippen LogP contribution in [0.4, 0.5) is 0 Å². The van der Waals surface area contributed by atoms with Crippen LogP contribution in [-0.2, 0) is 0 Å². The zero-order chi connectivity index (χ0) is 12.5. The smallest absolute Gasteiger partial charge is 0.254 e. The number of benzene rings is 1. The number of nitrogens with zero attached hydrogens (tertiary/aromatic N) is 1. The quantitative estimate of drug-likeness (QED) is 0.758. The maximum atomic E-state index is 12.4. The number of hydrogen-bond acceptors (Lipinski definition) is 2. The molecule has 92 valence electrons. The largest absolute Gasteiger partial charge is 0.338 e. The fourth-order valence-electron chi connectivity index (χ4n) is 2.42. The first kappa shape index (κ1) is 12.5. The zero-order valence-electron chi connectivity index (χ0n) is 10.4. The van der Waals surface area contributed by atoms with Gasteiger partial charge in [0.05, 0.1) is 5.56 Å². The molecule has 0 atom stereocenters. The van der Waals surface area contributed by atoms with Crippen LogP contribution in [0, 0.1) is 5.41 Å². The summed E-state index contributed by atoms with van der Waals surface area (Å²) >= 11 is 4.35. The number of carbonyl (C=O) groups excluding carboxylic acids is 1. The molecule has 0 aliphatic carbocycles. The summed E-state index contributed by atoms with van der Waals surface area (Å²) in [6.07, 6.45) is 2.28. The first-order chi connectivity index (χ1) is 7.99. The molecule has 0 saturated carbocycles. The molecule has 1 aliphatic heterocycles. The summed E-state index contributed by atoms with van der Waals surface area (Å²) in [5.41, 5.74) is 0.952. The normalized spacial score (nSPS) is 19.1. The fourth-order valence-corrected chi connectivity index (χ4v) is 2.68. The van der Waals surface area contributed by atoms with E-state index >= 15 is 0 Å². The van der Waals surface area contributed by atoms with Crippen molar-refractivity contribution in [1.82, 2.24) is 4.90 Å². The van der Waals surface area contributed by atoms with Crippen molar-refractivity contribution < 1.29 is 4.79 Å². The lowest BCUT2D eigenvalue weighted by atomic mass is 9.84. The summed E-state index contributed by atoms with van der Waals surface area (Å²) in [7, 11) is 0. The van der Waals surface area contributed by atoms with Gasteiger partial charge in [-0.05, 0) is 30.4 Å². The summed E-state index contributed by atoms with van der Waals surface area (Å²) in [4.78, 5) is 15.1. The van der Waals surface area contributed by atoms with E-state index in [-0.39, 0.29) is 11.3 Å². The van der Waals surface area contributed by atoms with E-state index < -0.39 is 0 Å². The van der Waals surface area contributed by atoms with Gasteiger partial charge in [-0.3, -0.25) is 4.79 Å². The first-order valence-corrected chi connectivity index (χ1v) is 6.52. The minimum atomic E-state index is 0.114. The van der Waals surface area contributed by atoms with Crippen molar-refractivity contribution >= 4 is 18.5 Å². The van der Waals surface area contributed by atoms with Crippen LogP contribution < -0.4 is 0 Å². The van der Waals surface area contributed by atoms with Crippen molar-refractivity contribution in [3.63, 3.8) is 0 Å². The third kappa shape index (κ3) is 2.83. The highest BCUT2D eigenvalue weighted by Crippen LogP contribution is 2.29. The number of carbonyl (C=O) groups is 1. The summed E-state index contributed by atoms with van der Waals surface area (Å²) in [5, 5.41) is 0. The second kappa shape index (κ2) is 4.73. The predicted octanol–water partition coefficient (Wildman–Crippen LogP) is 3.24. The second-order valence-corrected chi connectivity index (χ2v) is 5.99. The molecule has 17 heavy (non-hydrogen) atoms. The lowest BCUT2D eigenvalue weighted by molar-refractivity contribution is 0.0580. The molecule has 0 aromatic heterocycles. The van der Waals surface area contributed by atoms with Crippen molar-refractivity contribution in [2.24, 2.45) is 5.41 Å². The van der Waals surface area contributed by atoms with E-state index in [1.165, 1.54) is 6.42 Å². The highest BCUT2D eigenvalue weighted by molar-refractivity contribution is 7.80. The molecule has 2 nitrogen and oxygen atoms in total. The number of amides is 1. The van der Waals surface area contributed by atoms with Gasteiger partial charge in [-0.15, -0.1) is 12.6 Å². The van der Waals surface area contributed by atoms with E-state index in [0.717, 1.165) is 24.4 Å². The average molecular weight is 249 g/mol. The lowest BCUT2D eigenvalue weighted by Crippen LogP contribution is -2.43. The number of likely N-dealkylation sites (tertiary alicyclic amines) is 1. The molecule has 0 N–H and O–H groups in total. The highest BCUT2D eigenvalue weighted by atomic mass is 32.1. The Kier molecular flexibility index (Phi) is 3.48. The Bertz CT molecular complexity index is 428. The minimum Gasteiger partial charge on any atom is -0.338 e. The van der Waals surface area contributed by atoms with Crippen molar-refractivity contribution in [3.05, 3.63) is 29.8 Å². The molecule has 0 radical (unpaired) electrons. The van der Waals surface area contributed by atoms with E-state index in [4.69, 9.17) is 0 Å². The molecule has 3 heteroatoms. The van der Waals surface area contributed by atoms with Gasteiger partial charge in [0.2, 0.25) is 0 Å². The Labute approximate surface area is 108 Å². The molecular weight excluding hydrogens is 230 g/mol. The van der Waals surface area contributed by atoms with Crippen molar-refractivity contribution in [3.8, 4) is 0 Å². The molecule has 1 saturated heterocycles. The second-order valence-electron chi connectivity index (χ2n) is 5.51. The average Bonchev–Trinajstić information content (AvgIpc) is 2.27. The molecule has 0 bridgehead atoms. The molecule has 1 aliphatic rings. The Morgan fingerprint density at radius 1 is 1.35 bits per heavy atom. The molecule has 1 heterocycles. The van der Waals surface area contributed by atoms with E-state index in [2.05, 4.69) is 26.5 Å². The SMILES string of the molecule is CC1(C)CCCN(C(=O)c2ccccc2S)C1. The van der Waals surface area contributed by atoms with Gasteiger partial charge in [-0.1, -0.05) is 26.0 Å². The van der Waals surface area contributed by atoms with Crippen LogP contribution >= 0.6 is 12.6 Å². The Hall–Kier alpha value is -0.960. The highest BCUT2D eigenvalue weighted by Gasteiger charge is 2.29. The molecule has 1 amide bonds. The standard InChI is InChI=1S/C14H19NOS/c1-14(2)8-5-9-15(10-14)13(16)11-6-3-4-7-12(11)17/h3-4,6-7,17H,5,8-10H2,1-2H3. The summed E-state index contributed by atoms with van der Waals surface area (Å²) in [5.74, 6) is 0.114. The van der Waals surface area contributed by atoms with Crippen molar-refractivity contribution in [1.29, 1.82) is 0 Å². The van der Waals surface area contributed by atoms with Gasteiger partial charge in [-0.2, -0.15) is 0 Å². The molecule has 1 fully saturated rings. The van der Waals surface area contributed by atoms with Gasteiger partial charge < -0.3 is 4.90 Å². The maximum absolute atomic E-state index is 12.4. The molecule has 1 aromatic rings. The third-order valence-corrected chi connectivity index (χ3v) is 3.71. The summed E-state index contributed by atoms with van der Waals surface area (Å²) in [6, 6.07) is 7.51. The van der Waals surface area contributed by atoms with Crippen molar-refractivity contribution in [2.45, 2.75) is 31.6 Å². The van der Waals surface area contributed by atoms with Gasteiger partial charge in [-0.25, -0.2) is 0 Å². The number of thiol groups is 1. The van der Waals surface area contributed by atoms with E-state index in [1.807, 2.05) is 29.2 Å². The zero-order valence-corrected chi connectivity index (χ0v) is 11.3. The van der Waals surface area contributed by atoms with Crippen LogP contribution in [0.25, 0.3) is 0 Å². The van der Waals surface area contributed by atoms with Gasteiger partial charge in [0, 0.05) is 18.0 Å². The van der Waals surface area contributed by atoms with Crippen LogP contribution in [0.3, 0.4) is 0 Å². The maximum Gasteiger partial charge on any atom is 0.254 e. The summed E-state index contributed by atoms with van der Waals surface area (Å²) < 4.78 is 0. The number of hydrogen-bond donors (Lipinski definition) is 1. The molecule has 0 unspecified atom stereocenters. The van der Waals surface area contributed by atoms with Crippen LogP contribution in [0.1, 0.15) is 37.0 Å². The predicted molar refractivity (Wildman–Crippen MR) is 72.6 cm³/mol. The minimum absolute atomic E-state index is 0.114. The lowest BCUT2D eigenvalue weighted by Gasteiger charge is -2.38. The molecule has 2 rings (SSSR count). The van der Waals surface area contributed by atoms with Crippen LogP contribution in [0.15, 0.2) is 29.2 Å². The van der Waals surface area contributed by atoms with Crippen LogP contribution in [-0.4, -0.2) is 23.9 Å². The Morgan fingerprint density at radius 2 is 2.06 bits per heavy atom. The van der Waals surface area contributed by atoms with Crippen LogP contribution in [0.2, 0.25) is 0 Å². The fraction of sp³-hybridized carbons (Fsp3) is 0.500. The third-order valence-electron chi connectivity index (χ3n) is 3.32. The molecule has 1 aromatic carbocycles. The Morgan fingerprint density at radius 3 is 2.71 bits per heavy atom. The summed E-state index contributed by atoms with van der Waals surface area (Å²) in [6.45, 7) is 6.15.